The molecule has 2 heterocycles. The summed E-state index contributed by atoms with van der Waals surface area (Å²) in [6.45, 7) is 0.377. The van der Waals surface area contributed by atoms with Crippen LogP contribution in [0.25, 0.3) is 26.7 Å². The van der Waals surface area contributed by atoms with Crippen LogP contribution < -0.4 is 15.2 Å². The molecule has 2 aromatic heterocycles. The highest BCUT2D eigenvalue weighted by molar-refractivity contribution is 7.20. The van der Waals surface area contributed by atoms with Crippen molar-refractivity contribution in [1.82, 2.24) is 9.38 Å². The van der Waals surface area contributed by atoms with Crippen LogP contribution >= 0.6 is 11.3 Å². The molecular weight excluding hydrogens is 346 g/mol. The number of nitrogens with zero attached hydrogens (tertiary/aromatic N) is 2. The molecule has 132 valence electrons. The molecule has 0 radical (unpaired) electrons. The first kappa shape index (κ1) is 16.6. The summed E-state index contributed by atoms with van der Waals surface area (Å²) in [5.74, 6) is 1.50. The number of ether oxygens (including phenoxy) is 2. The Morgan fingerprint density at radius 3 is 2.58 bits per heavy atom. The molecule has 6 heteroatoms. The van der Waals surface area contributed by atoms with Crippen LogP contribution in [-0.2, 0) is 6.54 Å². The van der Waals surface area contributed by atoms with E-state index < -0.39 is 0 Å². The van der Waals surface area contributed by atoms with Gasteiger partial charge in [-0.1, -0.05) is 41.7 Å². The number of aromatic nitrogens is 2. The van der Waals surface area contributed by atoms with Crippen molar-refractivity contribution in [3.05, 3.63) is 60.4 Å². The smallest absolute Gasteiger partial charge is 0.195 e. The van der Waals surface area contributed by atoms with Gasteiger partial charge in [0.15, 0.2) is 4.96 Å². The summed E-state index contributed by atoms with van der Waals surface area (Å²) in [6, 6.07) is 16.0. The highest BCUT2D eigenvalue weighted by atomic mass is 32.1. The molecule has 0 aliphatic carbocycles. The monoisotopic (exact) mass is 365 g/mol. The van der Waals surface area contributed by atoms with E-state index in [1.54, 1.807) is 25.6 Å². The minimum atomic E-state index is 0.377. The zero-order chi connectivity index (χ0) is 18.1. The fourth-order valence-electron chi connectivity index (χ4n) is 3.04. The fraction of sp³-hybridized carbons (Fsp3) is 0.150. The molecule has 0 unspecified atom stereocenters. The van der Waals surface area contributed by atoms with Crippen molar-refractivity contribution in [1.29, 1.82) is 0 Å². The zero-order valence-electron chi connectivity index (χ0n) is 14.6. The maximum Gasteiger partial charge on any atom is 0.195 e. The van der Waals surface area contributed by atoms with E-state index in [0.29, 0.717) is 6.54 Å². The quantitative estimate of drug-likeness (QED) is 0.576. The van der Waals surface area contributed by atoms with Crippen molar-refractivity contribution in [2.45, 2.75) is 6.54 Å². The standard InChI is InChI=1S/C20H19N3O2S/c1-24-14-8-9-17(25-2)15(10-14)19-16(11-21)23-12-18(26-20(23)22-19)13-6-4-3-5-7-13/h3-10,12H,11,21H2,1-2H3. The summed E-state index contributed by atoms with van der Waals surface area (Å²) in [5, 5.41) is 0. The molecule has 4 rings (SSSR count). The molecule has 0 aliphatic rings. The number of hydrogen-bond acceptors (Lipinski definition) is 5. The Labute approximate surface area is 155 Å². The van der Waals surface area contributed by atoms with Gasteiger partial charge in [-0.2, -0.15) is 0 Å². The maximum atomic E-state index is 6.08. The summed E-state index contributed by atoms with van der Waals surface area (Å²) in [6.07, 6.45) is 2.10. The van der Waals surface area contributed by atoms with Gasteiger partial charge in [0.1, 0.15) is 11.5 Å². The molecule has 0 atom stereocenters. The van der Waals surface area contributed by atoms with Gasteiger partial charge >= 0.3 is 0 Å². The first-order chi connectivity index (χ1) is 12.7. The Balaban J connectivity index is 1.88. The largest absolute Gasteiger partial charge is 0.497 e. The molecular formula is C20H19N3O2S. The SMILES string of the molecule is COc1ccc(OC)c(-c2nc3sc(-c4ccccc4)cn3c2CN)c1. The zero-order valence-corrected chi connectivity index (χ0v) is 15.4. The van der Waals surface area contributed by atoms with Gasteiger partial charge in [0.05, 0.1) is 30.5 Å². The number of hydrogen-bond donors (Lipinski definition) is 1. The maximum absolute atomic E-state index is 6.08. The number of fused-ring (bicyclic) bond motifs is 1. The van der Waals surface area contributed by atoms with Crippen LogP contribution in [0.3, 0.4) is 0 Å². The number of imidazole rings is 1. The van der Waals surface area contributed by atoms with Crippen molar-refractivity contribution < 1.29 is 9.47 Å². The van der Waals surface area contributed by atoms with E-state index in [9.17, 15) is 0 Å². The van der Waals surface area contributed by atoms with Gasteiger partial charge in [-0.15, -0.1) is 0 Å². The number of methoxy groups -OCH3 is 2. The van der Waals surface area contributed by atoms with Crippen LogP contribution in [0.15, 0.2) is 54.7 Å². The van der Waals surface area contributed by atoms with Crippen molar-refractivity contribution in [2.24, 2.45) is 5.73 Å². The van der Waals surface area contributed by atoms with E-state index in [1.165, 1.54) is 5.56 Å². The minimum absolute atomic E-state index is 0.377. The van der Waals surface area contributed by atoms with Gasteiger partial charge in [-0.05, 0) is 23.8 Å². The third-order valence-electron chi connectivity index (χ3n) is 4.34. The Kier molecular flexibility index (Phi) is 4.36. The molecule has 0 aliphatic heterocycles. The molecule has 2 aromatic carbocycles. The lowest BCUT2D eigenvalue weighted by atomic mass is 10.1. The van der Waals surface area contributed by atoms with E-state index in [4.69, 9.17) is 20.2 Å². The van der Waals surface area contributed by atoms with Crippen molar-refractivity contribution in [3.63, 3.8) is 0 Å². The summed E-state index contributed by atoms with van der Waals surface area (Å²) >= 11 is 1.64. The van der Waals surface area contributed by atoms with Gasteiger partial charge in [0, 0.05) is 18.3 Å². The summed E-state index contributed by atoms with van der Waals surface area (Å²) in [7, 11) is 3.30. The number of nitrogens with two attached hydrogens (primary N) is 1. The molecule has 0 amide bonds. The predicted molar refractivity (Wildman–Crippen MR) is 105 cm³/mol. The third kappa shape index (κ3) is 2.73. The van der Waals surface area contributed by atoms with E-state index in [0.717, 1.165) is 38.3 Å². The van der Waals surface area contributed by atoms with E-state index in [-0.39, 0.29) is 0 Å². The second-order valence-electron chi connectivity index (χ2n) is 5.79. The molecule has 4 aromatic rings. The third-order valence-corrected chi connectivity index (χ3v) is 5.37. The van der Waals surface area contributed by atoms with Crippen LogP contribution in [0.1, 0.15) is 5.69 Å². The van der Waals surface area contributed by atoms with Crippen LogP contribution in [0.4, 0.5) is 0 Å². The average molecular weight is 365 g/mol. The summed E-state index contributed by atoms with van der Waals surface area (Å²) in [5.41, 5.74) is 9.91. The van der Waals surface area contributed by atoms with Crippen molar-refractivity contribution in [3.8, 4) is 33.2 Å². The van der Waals surface area contributed by atoms with Gasteiger partial charge in [-0.3, -0.25) is 4.40 Å². The lowest BCUT2D eigenvalue weighted by Gasteiger charge is -2.10. The van der Waals surface area contributed by atoms with Gasteiger partial charge < -0.3 is 15.2 Å². The van der Waals surface area contributed by atoms with Gasteiger partial charge in [-0.25, -0.2) is 4.98 Å². The van der Waals surface area contributed by atoms with Gasteiger partial charge in [0.25, 0.3) is 0 Å². The van der Waals surface area contributed by atoms with Gasteiger partial charge in [0.2, 0.25) is 0 Å². The molecule has 0 saturated heterocycles. The normalized spacial score (nSPS) is 11.0. The molecule has 0 fully saturated rings. The molecule has 26 heavy (non-hydrogen) atoms. The topological polar surface area (TPSA) is 61.8 Å². The minimum Gasteiger partial charge on any atom is -0.497 e. The van der Waals surface area contributed by atoms with E-state index >= 15 is 0 Å². The molecule has 0 spiro atoms. The number of benzene rings is 2. The van der Waals surface area contributed by atoms with Crippen LogP contribution in [0.2, 0.25) is 0 Å². The lowest BCUT2D eigenvalue weighted by molar-refractivity contribution is 0.404. The summed E-state index contributed by atoms with van der Waals surface area (Å²) < 4.78 is 13.0. The Morgan fingerprint density at radius 2 is 1.88 bits per heavy atom. The average Bonchev–Trinajstić information content (AvgIpc) is 3.25. The summed E-state index contributed by atoms with van der Waals surface area (Å²) in [4.78, 5) is 6.92. The Bertz CT molecular complexity index is 1050. The molecule has 5 nitrogen and oxygen atoms in total. The predicted octanol–water partition coefficient (Wildman–Crippen LogP) is 4.21. The van der Waals surface area contributed by atoms with Crippen molar-refractivity contribution in [2.75, 3.05) is 14.2 Å². The van der Waals surface area contributed by atoms with E-state index in [1.807, 2.05) is 36.4 Å². The van der Waals surface area contributed by atoms with Crippen LogP contribution in [-0.4, -0.2) is 23.6 Å². The molecule has 0 saturated carbocycles. The first-order valence-corrected chi connectivity index (χ1v) is 9.05. The highest BCUT2D eigenvalue weighted by Gasteiger charge is 2.19. The second kappa shape index (κ2) is 6.82. The van der Waals surface area contributed by atoms with Crippen LogP contribution in [0, 0.1) is 0 Å². The first-order valence-electron chi connectivity index (χ1n) is 8.23. The number of thiazole rings is 1. The Hall–Kier alpha value is -2.83. The Morgan fingerprint density at radius 1 is 1.08 bits per heavy atom. The van der Waals surface area contributed by atoms with Crippen LogP contribution in [0.5, 0.6) is 11.5 Å². The number of rotatable bonds is 5. The molecule has 0 bridgehead atoms. The highest BCUT2D eigenvalue weighted by Crippen LogP contribution is 2.38. The molecule has 2 N–H and O–H groups in total. The second-order valence-corrected chi connectivity index (χ2v) is 6.80. The van der Waals surface area contributed by atoms with Crippen molar-refractivity contribution >= 4 is 16.3 Å². The lowest BCUT2D eigenvalue weighted by Crippen LogP contribution is -2.02. The fourth-order valence-corrected chi connectivity index (χ4v) is 4.04. The van der Waals surface area contributed by atoms with E-state index in [2.05, 4.69) is 22.7 Å².